The average Bonchev–Trinajstić information content (AvgIpc) is 2.98. The zero-order valence-electron chi connectivity index (χ0n) is 10.9. The lowest BCUT2D eigenvalue weighted by Crippen LogP contribution is -2.36. The Labute approximate surface area is 125 Å². The third-order valence-corrected chi connectivity index (χ3v) is 5.09. The Hall–Kier alpha value is -1.60. The van der Waals surface area contributed by atoms with Gasteiger partial charge >= 0.3 is 0 Å². The van der Waals surface area contributed by atoms with Crippen LogP contribution in [-0.4, -0.2) is 27.9 Å². The van der Waals surface area contributed by atoms with Crippen LogP contribution < -0.4 is 10.6 Å². The Kier molecular flexibility index (Phi) is 3.62. The summed E-state index contributed by atoms with van der Waals surface area (Å²) >= 11 is 2.69. The van der Waals surface area contributed by atoms with E-state index in [1.165, 1.54) is 28.7 Å². The predicted molar refractivity (Wildman–Crippen MR) is 82.1 cm³/mol. The molecule has 2 aromatic rings. The number of nitrogens with zero attached hydrogens (tertiary/aromatic N) is 3. The average molecular weight is 306 g/mol. The molecule has 104 valence electrons. The van der Waals surface area contributed by atoms with E-state index >= 15 is 0 Å². The molecule has 1 amide bonds. The van der Waals surface area contributed by atoms with Crippen molar-refractivity contribution in [3.63, 3.8) is 0 Å². The van der Waals surface area contributed by atoms with E-state index in [0.717, 1.165) is 16.4 Å². The van der Waals surface area contributed by atoms with Crippen molar-refractivity contribution in [2.75, 3.05) is 16.4 Å². The fraction of sp³-hybridized carbons (Fsp3) is 0.308. The van der Waals surface area contributed by atoms with E-state index < -0.39 is 0 Å². The van der Waals surface area contributed by atoms with E-state index in [-0.39, 0.29) is 11.9 Å². The molecule has 0 saturated heterocycles. The van der Waals surface area contributed by atoms with Crippen LogP contribution in [0.3, 0.4) is 0 Å². The molecule has 5 nitrogen and oxygen atoms in total. The number of aromatic nitrogens is 2. The lowest BCUT2D eigenvalue weighted by molar-refractivity contribution is -0.116. The maximum Gasteiger partial charge on any atom is 0.237 e. The molecule has 3 rings (SSSR count). The number of benzene rings is 1. The molecule has 7 heteroatoms. The summed E-state index contributed by atoms with van der Waals surface area (Å²) in [5, 5.41) is 8.09. The van der Waals surface area contributed by atoms with Crippen molar-refractivity contribution in [1.82, 2.24) is 10.2 Å². The van der Waals surface area contributed by atoms with Crippen LogP contribution in [0.2, 0.25) is 0 Å². The summed E-state index contributed by atoms with van der Waals surface area (Å²) in [4.78, 5) is 14.3. The predicted octanol–water partition coefficient (Wildman–Crippen LogP) is 2.19. The summed E-state index contributed by atoms with van der Waals surface area (Å²) < 4.78 is 0.732. The van der Waals surface area contributed by atoms with Crippen molar-refractivity contribution in [3.05, 3.63) is 29.8 Å². The second-order valence-electron chi connectivity index (χ2n) is 4.64. The smallest absolute Gasteiger partial charge is 0.237 e. The van der Waals surface area contributed by atoms with Gasteiger partial charge in [0.25, 0.3) is 0 Å². The lowest BCUT2D eigenvalue weighted by Gasteiger charge is -2.22. The first-order valence-electron chi connectivity index (χ1n) is 6.27. The third kappa shape index (κ3) is 2.51. The number of rotatable bonds is 3. The van der Waals surface area contributed by atoms with Crippen LogP contribution in [0.1, 0.15) is 12.5 Å². The lowest BCUT2D eigenvalue weighted by atomic mass is 10.1. The number of carbonyl (C=O) groups is 1. The monoisotopic (exact) mass is 306 g/mol. The number of anilines is 2. The SMILES string of the molecule is C[C@H]1Cc2ccccc2N1C(=O)CSc1nnc(N)s1. The number of para-hydroxylation sites is 1. The van der Waals surface area contributed by atoms with Gasteiger partial charge in [0.15, 0.2) is 4.34 Å². The van der Waals surface area contributed by atoms with Crippen molar-refractivity contribution in [1.29, 1.82) is 0 Å². The number of carbonyl (C=O) groups excluding carboxylic acids is 1. The largest absolute Gasteiger partial charge is 0.374 e. The number of amides is 1. The number of thioether (sulfide) groups is 1. The molecule has 1 atom stereocenters. The van der Waals surface area contributed by atoms with Gasteiger partial charge in [-0.3, -0.25) is 4.79 Å². The van der Waals surface area contributed by atoms with Gasteiger partial charge in [0.1, 0.15) is 0 Å². The van der Waals surface area contributed by atoms with Gasteiger partial charge in [-0.05, 0) is 25.0 Å². The van der Waals surface area contributed by atoms with Gasteiger partial charge in [0.05, 0.1) is 5.75 Å². The van der Waals surface area contributed by atoms with Crippen LogP contribution in [0.5, 0.6) is 0 Å². The minimum atomic E-state index is 0.0984. The summed E-state index contributed by atoms with van der Waals surface area (Å²) in [6, 6.07) is 8.27. The topological polar surface area (TPSA) is 72.1 Å². The molecule has 0 fully saturated rings. The first kappa shape index (κ1) is 13.4. The molecule has 1 aliphatic heterocycles. The van der Waals surface area contributed by atoms with E-state index in [1.54, 1.807) is 0 Å². The minimum absolute atomic E-state index is 0.0984. The molecule has 20 heavy (non-hydrogen) atoms. The quantitative estimate of drug-likeness (QED) is 0.880. The molecule has 2 heterocycles. The Morgan fingerprint density at radius 1 is 1.50 bits per heavy atom. The highest BCUT2D eigenvalue weighted by Gasteiger charge is 2.30. The highest BCUT2D eigenvalue weighted by atomic mass is 32.2. The molecule has 0 aliphatic carbocycles. The number of nitrogen functional groups attached to an aromatic ring is 1. The van der Waals surface area contributed by atoms with Crippen LogP contribution in [-0.2, 0) is 11.2 Å². The van der Waals surface area contributed by atoms with E-state index in [2.05, 4.69) is 23.2 Å². The van der Waals surface area contributed by atoms with Gasteiger partial charge in [-0.1, -0.05) is 41.3 Å². The van der Waals surface area contributed by atoms with Crippen molar-refractivity contribution in [3.8, 4) is 0 Å². The molecular formula is C13H14N4OS2. The van der Waals surface area contributed by atoms with E-state index in [0.29, 0.717) is 10.9 Å². The Balaban J connectivity index is 1.71. The number of fused-ring (bicyclic) bond motifs is 1. The molecule has 0 bridgehead atoms. The maximum absolute atomic E-state index is 12.4. The van der Waals surface area contributed by atoms with Crippen molar-refractivity contribution in [2.45, 2.75) is 23.7 Å². The summed E-state index contributed by atoms with van der Waals surface area (Å²) in [7, 11) is 0. The van der Waals surface area contributed by atoms with E-state index in [9.17, 15) is 4.79 Å². The summed E-state index contributed by atoms with van der Waals surface area (Å²) in [6.07, 6.45) is 0.915. The molecule has 1 aromatic carbocycles. The standard InChI is InChI=1S/C13H14N4OS2/c1-8-6-9-4-2-3-5-10(9)17(8)11(18)7-19-13-16-15-12(14)20-13/h2-5,8H,6-7H2,1H3,(H2,14,15)/t8-/m0/s1. The number of nitrogens with two attached hydrogens (primary N) is 1. The first-order chi connectivity index (χ1) is 9.65. The molecule has 0 unspecified atom stereocenters. The molecule has 1 aromatic heterocycles. The van der Waals surface area contributed by atoms with Crippen LogP contribution in [0, 0.1) is 0 Å². The highest BCUT2D eigenvalue weighted by molar-refractivity contribution is 8.01. The van der Waals surface area contributed by atoms with Gasteiger partial charge in [-0.2, -0.15) is 0 Å². The zero-order valence-corrected chi connectivity index (χ0v) is 12.6. The Morgan fingerprint density at radius 2 is 2.30 bits per heavy atom. The number of hydrogen-bond donors (Lipinski definition) is 1. The van der Waals surface area contributed by atoms with Gasteiger partial charge in [-0.25, -0.2) is 0 Å². The molecule has 2 N–H and O–H groups in total. The minimum Gasteiger partial charge on any atom is -0.374 e. The fourth-order valence-electron chi connectivity index (χ4n) is 2.42. The Bertz CT molecular complexity index is 643. The van der Waals surface area contributed by atoms with Crippen molar-refractivity contribution >= 4 is 39.8 Å². The van der Waals surface area contributed by atoms with E-state index in [4.69, 9.17) is 5.73 Å². The summed E-state index contributed by atoms with van der Waals surface area (Å²) in [5.41, 5.74) is 7.79. The third-order valence-electron chi connectivity index (χ3n) is 3.22. The number of hydrogen-bond acceptors (Lipinski definition) is 6. The van der Waals surface area contributed by atoms with Gasteiger partial charge in [0.2, 0.25) is 11.0 Å². The van der Waals surface area contributed by atoms with Gasteiger partial charge in [0, 0.05) is 11.7 Å². The maximum atomic E-state index is 12.4. The first-order valence-corrected chi connectivity index (χ1v) is 8.07. The Morgan fingerprint density at radius 3 is 3.05 bits per heavy atom. The van der Waals surface area contributed by atoms with Crippen molar-refractivity contribution < 1.29 is 4.79 Å². The fourth-order valence-corrected chi connectivity index (χ4v) is 3.91. The van der Waals surface area contributed by atoms with Crippen LogP contribution >= 0.6 is 23.1 Å². The van der Waals surface area contributed by atoms with Gasteiger partial charge < -0.3 is 10.6 Å². The molecule has 0 spiro atoms. The summed E-state index contributed by atoms with van der Waals surface area (Å²) in [6.45, 7) is 2.07. The van der Waals surface area contributed by atoms with Crippen LogP contribution in [0.15, 0.2) is 28.6 Å². The van der Waals surface area contributed by atoms with E-state index in [1.807, 2.05) is 23.1 Å². The van der Waals surface area contributed by atoms with Crippen molar-refractivity contribution in [2.24, 2.45) is 0 Å². The molecule has 1 aliphatic rings. The van der Waals surface area contributed by atoms with Crippen LogP contribution in [0.25, 0.3) is 0 Å². The second kappa shape index (κ2) is 5.41. The van der Waals surface area contributed by atoms with Crippen LogP contribution in [0.4, 0.5) is 10.8 Å². The normalized spacial score (nSPS) is 17.2. The van der Waals surface area contributed by atoms with Gasteiger partial charge in [-0.15, -0.1) is 10.2 Å². The summed E-state index contributed by atoms with van der Waals surface area (Å²) in [5.74, 6) is 0.453. The second-order valence-corrected chi connectivity index (χ2v) is 6.87. The molecule has 0 saturated carbocycles. The molecule has 0 radical (unpaired) electrons. The highest BCUT2D eigenvalue weighted by Crippen LogP contribution is 2.33. The zero-order chi connectivity index (χ0) is 14.1. The molecular weight excluding hydrogens is 292 g/mol.